The molecule has 0 saturated carbocycles. The summed E-state index contributed by atoms with van der Waals surface area (Å²) in [5.74, 6) is -0.0652. The summed E-state index contributed by atoms with van der Waals surface area (Å²) in [5, 5.41) is 12.4. The molecule has 6 nitrogen and oxygen atoms in total. The third-order valence-electron chi connectivity index (χ3n) is 2.42. The van der Waals surface area contributed by atoms with Gasteiger partial charge in [-0.25, -0.2) is 13.4 Å². The number of rotatable bonds is 4. The molecule has 0 amide bonds. The molecular formula is C9H18N4O2S. The molecule has 0 aromatic rings. The Labute approximate surface area is 95.9 Å². The van der Waals surface area contributed by atoms with Crippen molar-refractivity contribution in [2.75, 3.05) is 12.3 Å². The molecule has 0 unspecified atom stereocenters. The van der Waals surface area contributed by atoms with E-state index in [0.29, 0.717) is 19.4 Å². The molecule has 0 aliphatic carbocycles. The first-order valence-corrected chi connectivity index (χ1v) is 7.04. The van der Waals surface area contributed by atoms with Crippen molar-refractivity contribution >= 4 is 20.8 Å². The van der Waals surface area contributed by atoms with E-state index in [0.717, 1.165) is 12.8 Å². The van der Waals surface area contributed by atoms with Gasteiger partial charge in [0.2, 0.25) is 5.96 Å². The van der Waals surface area contributed by atoms with E-state index in [-0.39, 0.29) is 16.8 Å². The molecule has 92 valence electrons. The predicted molar refractivity (Wildman–Crippen MR) is 64.0 cm³/mol. The van der Waals surface area contributed by atoms with Crippen molar-refractivity contribution in [3.8, 4) is 0 Å². The van der Waals surface area contributed by atoms with E-state index in [1.807, 2.05) is 6.92 Å². The summed E-state index contributed by atoms with van der Waals surface area (Å²) in [6.45, 7) is 2.41. The van der Waals surface area contributed by atoms with Crippen LogP contribution < -0.4 is 5.73 Å². The monoisotopic (exact) mass is 246 g/mol. The second-order valence-electron chi connectivity index (χ2n) is 3.78. The normalized spacial score (nSPS) is 16.3. The third kappa shape index (κ3) is 3.19. The first-order chi connectivity index (χ1) is 7.47. The van der Waals surface area contributed by atoms with Crippen LogP contribution in [0.1, 0.15) is 32.6 Å². The Balaban J connectivity index is 2.63. The molecule has 0 spiro atoms. The lowest BCUT2D eigenvalue weighted by Crippen LogP contribution is -2.30. The van der Waals surface area contributed by atoms with Crippen LogP contribution in [0.2, 0.25) is 0 Å². The van der Waals surface area contributed by atoms with Crippen molar-refractivity contribution in [2.45, 2.75) is 32.6 Å². The summed E-state index contributed by atoms with van der Waals surface area (Å²) in [6, 6.07) is 0. The molecule has 0 aromatic heterocycles. The largest absolute Gasteiger partial charge is 0.369 e. The van der Waals surface area contributed by atoms with Gasteiger partial charge in [-0.2, -0.15) is 5.10 Å². The molecule has 0 atom stereocenters. The maximum Gasteiger partial charge on any atom is 0.209 e. The zero-order valence-corrected chi connectivity index (χ0v) is 10.3. The molecule has 1 aliphatic heterocycles. The Kier molecular flexibility index (Phi) is 4.28. The van der Waals surface area contributed by atoms with Gasteiger partial charge in [-0.1, -0.05) is 19.8 Å². The van der Waals surface area contributed by atoms with Crippen LogP contribution in [-0.4, -0.2) is 36.7 Å². The topological polar surface area (TPSA) is 99.6 Å². The van der Waals surface area contributed by atoms with Crippen LogP contribution in [-0.2, 0) is 9.84 Å². The maximum atomic E-state index is 11.8. The number of unbranched alkanes of at least 4 members (excludes halogenated alkanes) is 2. The van der Waals surface area contributed by atoms with Gasteiger partial charge in [-0.15, -0.1) is 0 Å². The number of nitrogens with two attached hydrogens (primary N) is 1. The van der Waals surface area contributed by atoms with Crippen molar-refractivity contribution in [1.29, 1.82) is 5.41 Å². The maximum absolute atomic E-state index is 11.8. The fourth-order valence-corrected chi connectivity index (χ4v) is 2.93. The number of nitrogens with zero attached hydrogens (tertiary/aromatic N) is 2. The predicted octanol–water partition coefficient (Wildman–Crippen LogP) is 0.504. The van der Waals surface area contributed by atoms with Gasteiger partial charge in [-0.3, -0.25) is 5.41 Å². The Bertz CT molecular complexity index is 388. The zero-order valence-electron chi connectivity index (χ0n) is 9.44. The molecule has 7 heteroatoms. The van der Waals surface area contributed by atoms with Gasteiger partial charge in [0.1, 0.15) is 0 Å². The average molecular weight is 246 g/mol. The summed E-state index contributed by atoms with van der Waals surface area (Å²) in [4.78, 5) is 0. The highest BCUT2D eigenvalue weighted by atomic mass is 32.2. The van der Waals surface area contributed by atoms with Crippen LogP contribution in [0.3, 0.4) is 0 Å². The van der Waals surface area contributed by atoms with E-state index in [1.54, 1.807) is 0 Å². The van der Waals surface area contributed by atoms with Crippen molar-refractivity contribution in [1.82, 2.24) is 5.01 Å². The van der Waals surface area contributed by atoms with Crippen LogP contribution in [0.25, 0.3) is 0 Å². The standard InChI is InChI=1S/C9H18N4O2S/c1-2-3-4-7-16(14,15)8-5-6-13(12-8)9(10)11/h2-7H2,1H3,(H3,10,11). The van der Waals surface area contributed by atoms with Crippen LogP contribution in [0.15, 0.2) is 5.10 Å². The van der Waals surface area contributed by atoms with Crippen molar-refractivity contribution in [3.63, 3.8) is 0 Å². The van der Waals surface area contributed by atoms with E-state index in [2.05, 4.69) is 5.10 Å². The van der Waals surface area contributed by atoms with Crippen LogP contribution >= 0.6 is 0 Å². The Morgan fingerprint density at radius 3 is 2.75 bits per heavy atom. The second kappa shape index (κ2) is 5.29. The van der Waals surface area contributed by atoms with E-state index >= 15 is 0 Å². The van der Waals surface area contributed by atoms with Crippen LogP contribution in [0.4, 0.5) is 0 Å². The highest BCUT2D eigenvalue weighted by Crippen LogP contribution is 2.12. The lowest BCUT2D eigenvalue weighted by molar-refractivity contribution is 0.482. The molecule has 16 heavy (non-hydrogen) atoms. The molecule has 1 aliphatic rings. The lowest BCUT2D eigenvalue weighted by atomic mass is 10.3. The number of hydrogen-bond acceptors (Lipinski definition) is 4. The minimum atomic E-state index is -3.24. The molecular weight excluding hydrogens is 228 g/mol. The zero-order chi connectivity index (χ0) is 12.2. The number of nitrogens with one attached hydrogen (secondary N) is 1. The molecule has 0 radical (unpaired) electrons. The minimum Gasteiger partial charge on any atom is -0.369 e. The highest BCUT2D eigenvalue weighted by Gasteiger charge is 2.26. The molecule has 0 aromatic carbocycles. The van der Waals surface area contributed by atoms with Crippen molar-refractivity contribution < 1.29 is 8.42 Å². The van der Waals surface area contributed by atoms with E-state index < -0.39 is 9.84 Å². The Morgan fingerprint density at radius 1 is 1.56 bits per heavy atom. The fraction of sp³-hybridized carbons (Fsp3) is 0.778. The van der Waals surface area contributed by atoms with Gasteiger partial charge in [0.25, 0.3) is 0 Å². The Morgan fingerprint density at radius 2 is 2.25 bits per heavy atom. The van der Waals surface area contributed by atoms with E-state index in [9.17, 15) is 8.42 Å². The van der Waals surface area contributed by atoms with E-state index in [1.165, 1.54) is 5.01 Å². The first kappa shape index (κ1) is 13.0. The number of hydrazone groups is 1. The van der Waals surface area contributed by atoms with Gasteiger partial charge in [0.05, 0.1) is 12.3 Å². The molecule has 0 bridgehead atoms. The third-order valence-corrected chi connectivity index (χ3v) is 4.25. The molecule has 0 fully saturated rings. The lowest BCUT2D eigenvalue weighted by Gasteiger charge is -2.08. The smallest absolute Gasteiger partial charge is 0.209 e. The van der Waals surface area contributed by atoms with Crippen molar-refractivity contribution in [2.24, 2.45) is 10.8 Å². The van der Waals surface area contributed by atoms with Gasteiger partial charge in [0.15, 0.2) is 14.9 Å². The van der Waals surface area contributed by atoms with Gasteiger partial charge in [0, 0.05) is 6.42 Å². The number of guanidine groups is 1. The Hall–Kier alpha value is -1.11. The molecule has 0 saturated heterocycles. The quantitative estimate of drug-likeness (QED) is 0.428. The number of hydrogen-bond donors (Lipinski definition) is 2. The summed E-state index contributed by atoms with van der Waals surface area (Å²) in [7, 11) is -3.24. The molecule has 3 N–H and O–H groups in total. The highest BCUT2D eigenvalue weighted by molar-refractivity contribution is 8.06. The van der Waals surface area contributed by atoms with Crippen LogP contribution in [0, 0.1) is 5.41 Å². The van der Waals surface area contributed by atoms with Gasteiger partial charge >= 0.3 is 0 Å². The SMILES string of the molecule is CCCCCS(=O)(=O)C1=NN(C(=N)N)CC1. The fourth-order valence-electron chi connectivity index (χ4n) is 1.49. The summed E-state index contributed by atoms with van der Waals surface area (Å²) in [6.07, 6.45) is 2.91. The number of sulfone groups is 1. The molecule has 1 rings (SSSR count). The minimum absolute atomic E-state index is 0.144. The summed E-state index contributed by atoms with van der Waals surface area (Å²) < 4.78 is 23.6. The van der Waals surface area contributed by atoms with E-state index in [4.69, 9.17) is 11.1 Å². The van der Waals surface area contributed by atoms with Gasteiger partial charge in [-0.05, 0) is 6.42 Å². The second-order valence-corrected chi connectivity index (χ2v) is 5.89. The summed E-state index contributed by atoms with van der Waals surface area (Å²) in [5.41, 5.74) is 5.23. The van der Waals surface area contributed by atoms with Crippen LogP contribution in [0.5, 0.6) is 0 Å². The molecule has 1 heterocycles. The summed E-state index contributed by atoms with van der Waals surface area (Å²) >= 11 is 0. The first-order valence-electron chi connectivity index (χ1n) is 5.39. The van der Waals surface area contributed by atoms with Crippen molar-refractivity contribution in [3.05, 3.63) is 0 Å². The van der Waals surface area contributed by atoms with Gasteiger partial charge < -0.3 is 5.73 Å². The average Bonchev–Trinajstić information content (AvgIpc) is 2.67.